The Hall–Kier alpha value is -3.63. The van der Waals surface area contributed by atoms with Crippen LogP contribution in [0.15, 0.2) is 36.5 Å². The number of rotatable bonds is 4. The summed E-state index contributed by atoms with van der Waals surface area (Å²) >= 11 is 0. The molecule has 1 aromatic heterocycles. The molecule has 178 valence electrons. The van der Waals surface area contributed by atoms with E-state index in [0.29, 0.717) is 31.6 Å². The second-order valence-corrected chi connectivity index (χ2v) is 8.80. The van der Waals surface area contributed by atoms with Gasteiger partial charge < -0.3 is 20.3 Å². The average Bonchev–Trinajstić information content (AvgIpc) is 3.50. The first kappa shape index (κ1) is 22.2. The van der Waals surface area contributed by atoms with E-state index in [4.69, 9.17) is 10.5 Å². The van der Waals surface area contributed by atoms with Crippen LogP contribution in [0.25, 0.3) is 0 Å². The second kappa shape index (κ2) is 7.71. The van der Waals surface area contributed by atoms with E-state index in [0.717, 1.165) is 11.6 Å². The summed E-state index contributed by atoms with van der Waals surface area (Å²) in [4.78, 5) is 44.8. The van der Waals surface area contributed by atoms with Crippen molar-refractivity contribution in [3.05, 3.63) is 58.8 Å². The molecule has 2 N–H and O–H groups in total. The van der Waals surface area contributed by atoms with E-state index in [1.807, 2.05) is 4.90 Å². The summed E-state index contributed by atoms with van der Waals surface area (Å²) in [7, 11) is 0. The lowest BCUT2D eigenvalue weighted by atomic mass is 10.0. The first-order chi connectivity index (χ1) is 16.1. The lowest BCUT2D eigenvalue weighted by molar-refractivity contribution is -0.138. The fourth-order valence-electron chi connectivity index (χ4n) is 4.61. The van der Waals surface area contributed by atoms with Gasteiger partial charge in [0.1, 0.15) is 5.82 Å². The molecule has 1 saturated heterocycles. The van der Waals surface area contributed by atoms with Crippen LogP contribution >= 0.6 is 0 Å². The van der Waals surface area contributed by atoms with Gasteiger partial charge in [0.05, 0.1) is 22.7 Å². The molecular formula is C23H21F3N4O4. The number of carbonyl (C=O) groups is 3. The van der Waals surface area contributed by atoms with Gasteiger partial charge >= 0.3 is 12.1 Å². The number of esters is 1. The number of aromatic nitrogens is 1. The number of amides is 2. The van der Waals surface area contributed by atoms with Gasteiger partial charge in [0.2, 0.25) is 0 Å². The summed E-state index contributed by atoms with van der Waals surface area (Å²) < 4.78 is 45.4. The van der Waals surface area contributed by atoms with Gasteiger partial charge in [-0.1, -0.05) is 12.1 Å². The molecule has 2 amide bonds. The normalized spacial score (nSPS) is 20.4. The quantitative estimate of drug-likeness (QED) is 0.681. The van der Waals surface area contributed by atoms with Crippen molar-refractivity contribution in [2.75, 3.05) is 24.5 Å². The van der Waals surface area contributed by atoms with E-state index in [9.17, 15) is 27.6 Å². The van der Waals surface area contributed by atoms with Gasteiger partial charge in [-0.25, -0.2) is 9.78 Å². The SMILES string of the molecule is NC(=O)C1(OC(=O)c2cnc3c(c2)CC2CN(C(=O)c4ccccc4C(F)(F)F)CCN32)CC1. The molecule has 2 aromatic rings. The number of fused-ring (bicyclic) bond motifs is 3. The largest absolute Gasteiger partial charge is 0.445 e. The Morgan fingerprint density at radius 1 is 1.15 bits per heavy atom. The molecular weight excluding hydrogens is 453 g/mol. The number of pyridine rings is 1. The molecule has 0 spiro atoms. The topological polar surface area (TPSA) is 106 Å². The van der Waals surface area contributed by atoms with Crippen molar-refractivity contribution in [2.45, 2.75) is 37.1 Å². The van der Waals surface area contributed by atoms with Crippen molar-refractivity contribution in [2.24, 2.45) is 5.73 Å². The van der Waals surface area contributed by atoms with Crippen molar-refractivity contribution in [3.8, 4) is 0 Å². The summed E-state index contributed by atoms with van der Waals surface area (Å²) in [5.74, 6) is -1.36. The van der Waals surface area contributed by atoms with Crippen molar-refractivity contribution in [3.63, 3.8) is 0 Å². The number of anilines is 1. The number of nitrogens with zero attached hydrogens (tertiary/aromatic N) is 3. The Kier molecular flexibility index (Phi) is 5.03. The van der Waals surface area contributed by atoms with Crippen LogP contribution in [0.1, 0.15) is 44.7 Å². The summed E-state index contributed by atoms with van der Waals surface area (Å²) in [6.45, 7) is 0.874. The minimum atomic E-state index is -4.62. The molecule has 8 nitrogen and oxygen atoms in total. The maximum atomic E-state index is 13.4. The second-order valence-electron chi connectivity index (χ2n) is 8.80. The minimum Gasteiger partial charge on any atom is -0.445 e. The molecule has 11 heteroatoms. The highest BCUT2D eigenvalue weighted by atomic mass is 19.4. The fraction of sp³-hybridized carbons (Fsp3) is 0.391. The lowest BCUT2D eigenvalue weighted by Crippen LogP contribution is -2.53. The van der Waals surface area contributed by atoms with Crippen LogP contribution in [0.3, 0.4) is 0 Å². The van der Waals surface area contributed by atoms with Crippen LogP contribution in [0.2, 0.25) is 0 Å². The lowest BCUT2D eigenvalue weighted by Gasteiger charge is -2.38. The first-order valence-electron chi connectivity index (χ1n) is 10.8. The third-order valence-corrected chi connectivity index (χ3v) is 6.58. The summed E-state index contributed by atoms with van der Waals surface area (Å²) in [5, 5.41) is 0. The molecule has 1 atom stereocenters. The van der Waals surface area contributed by atoms with Gasteiger partial charge in [-0.3, -0.25) is 9.59 Å². The average molecular weight is 474 g/mol. The molecule has 1 aliphatic carbocycles. The summed E-state index contributed by atoms with van der Waals surface area (Å²) in [5.41, 5.74) is 3.72. The monoisotopic (exact) mass is 474 g/mol. The Labute approximate surface area is 192 Å². The van der Waals surface area contributed by atoms with Crippen molar-refractivity contribution in [1.29, 1.82) is 0 Å². The van der Waals surface area contributed by atoms with Gasteiger partial charge in [0, 0.05) is 38.7 Å². The maximum absolute atomic E-state index is 13.4. The predicted octanol–water partition coefficient (Wildman–Crippen LogP) is 2.16. The zero-order valence-corrected chi connectivity index (χ0v) is 18.0. The van der Waals surface area contributed by atoms with Gasteiger partial charge in [-0.15, -0.1) is 0 Å². The number of hydrogen-bond acceptors (Lipinski definition) is 6. The van der Waals surface area contributed by atoms with Gasteiger partial charge in [0.15, 0.2) is 5.60 Å². The number of halogens is 3. The predicted molar refractivity (Wildman–Crippen MR) is 113 cm³/mol. The number of hydrogen-bond donors (Lipinski definition) is 1. The highest BCUT2D eigenvalue weighted by Gasteiger charge is 2.53. The highest BCUT2D eigenvalue weighted by molar-refractivity contribution is 5.96. The zero-order chi connectivity index (χ0) is 24.3. The number of piperazine rings is 1. The molecule has 2 aliphatic heterocycles. The van der Waals surface area contributed by atoms with Gasteiger partial charge in [0.25, 0.3) is 11.8 Å². The van der Waals surface area contributed by atoms with Crippen LogP contribution in [-0.4, -0.2) is 58.9 Å². The van der Waals surface area contributed by atoms with Gasteiger partial charge in [-0.05, 0) is 30.2 Å². The summed E-state index contributed by atoms with van der Waals surface area (Å²) in [6, 6.07) is 6.24. The van der Waals surface area contributed by atoms with E-state index in [1.54, 1.807) is 6.07 Å². The third kappa shape index (κ3) is 3.74. The number of ether oxygens (including phenoxy) is 1. The molecule has 5 rings (SSSR count). The van der Waals surface area contributed by atoms with Crippen molar-refractivity contribution in [1.82, 2.24) is 9.88 Å². The number of primary amides is 1. The Morgan fingerprint density at radius 2 is 1.88 bits per heavy atom. The van der Waals surface area contributed by atoms with Crippen LogP contribution < -0.4 is 10.6 Å². The van der Waals surface area contributed by atoms with Crippen LogP contribution in [0.5, 0.6) is 0 Å². The van der Waals surface area contributed by atoms with E-state index in [1.165, 1.54) is 29.3 Å². The van der Waals surface area contributed by atoms with E-state index >= 15 is 0 Å². The molecule has 0 bridgehead atoms. The Morgan fingerprint density at radius 3 is 2.56 bits per heavy atom. The Bertz CT molecular complexity index is 1190. The number of alkyl halides is 3. The fourth-order valence-corrected chi connectivity index (χ4v) is 4.61. The smallest absolute Gasteiger partial charge is 0.417 e. The van der Waals surface area contributed by atoms with Crippen LogP contribution in [0.4, 0.5) is 19.0 Å². The maximum Gasteiger partial charge on any atom is 0.417 e. The minimum absolute atomic E-state index is 0.176. The third-order valence-electron chi connectivity index (χ3n) is 6.58. The summed E-state index contributed by atoms with van der Waals surface area (Å²) in [6.07, 6.45) is -2.00. The number of benzene rings is 1. The van der Waals surface area contributed by atoms with E-state index in [2.05, 4.69) is 4.98 Å². The molecule has 1 saturated carbocycles. The standard InChI is InChI=1S/C23H21F3N4O4/c24-23(25,26)17-4-2-1-3-16(17)19(31)29-7-8-30-15(12-29)10-13-9-14(11-28-18(13)30)20(32)34-22(5-6-22)21(27)33/h1-4,9,11,15H,5-8,10,12H2,(H2,27,33). The van der Waals surface area contributed by atoms with E-state index < -0.39 is 35.1 Å². The molecule has 1 unspecified atom stereocenters. The van der Waals surface area contributed by atoms with Crippen molar-refractivity contribution < 1.29 is 32.3 Å². The van der Waals surface area contributed by atoms with Crippen molar-refractivity contribution >= 4 is 23.6 Å². The molecule has 3 aliphatic rings. The number of carbonyl (C=O) groups excluding carboxylic acids is 3. The molecule has 2 fully saturated rings. The number of nitrogens with two attached hydrogens (primary N) is 1. The first-order valence-corrected chi connectivity index (χ1v) is 10.8. The Balaban J connectivity index is 1.31. The molecule has 34 heavy (non-hydrogen) atoms. The van der Waals surface area contributed by atoms with Gasteiger partial charge in [-0.2, -0.15) is 13.2 Å². The highest BCUT2D eigenvalue weighted by Crippen LogP contribution is 2.40. The molecule has 0 radical (unpaired) electrons. The zero-order valence-electron chi connectivity index (χ0n) is 18.0. The molecule has 1 aromatic carbocycles. The van der Waals surface area contributed by atoms with Crippen LogP contribution in [-0.2, 0) is 22.1 Å². The molecule has 3 heterocycles. The van der Waals surface area contributed by atoms with E-state index in [-0.39, 0.29) is 30.3 Å². The van der Waals surface area contributed by atoms with Crippen LogP contribution in [0, 0.1) is 0 Å².